The summed E-state index contributed by atoms with van der Waals surface area (Å²) in [5.41, 5.74) is 3.00. The maximum atomic E-state index is 13.1. The number of fused-ring (bicyclic) bond motifs is 1. The Hall–Kier alpha value is -3.18. The molecule has 1 aliphatic carbocycles. The Kier molecular flexibility index (Phi) is 6.56. The van der Waals surface area contributed by atoms with Crippen molar-refractivity contribution in [2.75, 3.05) is 4.90 Å². The van der Waals surface area contributed by atoms with Crippen LogP contribution in [0.25, 0.3) is 0 Å². The number of pyridine rings is 1. The number of nitrogens with zero attached hydrogens (tertiary/aromatic N) is 3. The molecular formula is C24H23N3O4S. The van der Waals surface area contributed by atoms with Gasteiger partial charge in [-0.15, -0.1) is 0 Å². The molecule has 2 amide bonds. The number of amides is 2. The Morgan fingerprint density at radius 1 is 1.16 bits per heavy atom. The topological polar surface area (TPSA) is 100 Å². The van der Waals surface area contributed by atoms with E-state index in [-0.39, 0.29) is 18.2 Å². The largest absolute Gasteiger partial charge is 0.427 e. The van der Waals surface area contributed by atoms with Crippen LogP contribution in [0.1, 0.15) is 55.8 Å². The van der Waals surface area contributed by atoms with E-state index in [9.17, 15) is 19.6 Å². The second-order valence-corrected chi connectivity index (χ2v) is 9.13. The van der Waals surface area contributed by atoms with E-state index in [4.69, 9.17) is 9.72 Å². The van der Waals surface area contributed by atoms with Crippen LogP contribution >= 0.6 is 11.8 Å². The summed E-state index contributed by atoms with van der Waals surface area (Å²) in [5.74, 6) is -0.746. The number of aromatic nitrogens is 1. The van der Waals surface area contributed by atoms with Gasteiger partial charge in [-0.3, -0.25) is 14.4 Å². The molecule has 0 spiro atoms. The molecule has 1 aliphatic heterocycles. The molecule has 1 atom stereocenters. The van der Waals surface area contributed by atoms with E-state index < -0.39 is 11.2 Å². The smallest absolute Gasteiger partial charge is 0.308 e. The maximum absolute atomic E-state index is 13.1. The monoisotopic (exact) mass is 449 g/mol. The van der Waals surface area contributed by atoms with Gasteiger partial charge in [0.1, 0.15) is 16.8 Å². The number of benzene rings is 1. The molecule has 2 aromatic rings. The number of esters is 1. The van der Waals surface area contributed by atoms with Gasteiger partial charge in [-0.05, 0) is 61.6 Å². The fourth-order valence-corrected chi connectivity index (χ4v) is 5.17. The second-order valence-electron chi connectivity index (χ2n) is 7.94. The summed E-state index contributed by atoms with van der Waals surface area (Å²) in [5, 5.41) is 9.54. The van der Waals surface area contributed by atoms with Gasteiger partial charge in [-0.25, -0.2) is 9.88 Å². The summed E-state index contributed by atoms with van der Waals surface area (Å²) in [6.07, 6.45) is 6.34. The number of hydrogen-bond acceptors (Lipinski definition) is 7. The molecule has 4 rings (SSSR count). The van der Waals surface area contributed by atoms with E-state index in [1.54, 1.807) is 24.3 Å². The molecule has 7 nitrogen and oxygen atoms in total. The molecule has 1 fully saturated rings. The first-order valence-electron chi connectivity index (χ1n) is 10.7. The molecule has 0 saturated carbocycles. The summed E-state index contributed by atoms with van der Waals surface area (Å²) in [4.78, 5) is 42.7. The van der Waals surface area contributed by atoms with Crippen molar-refractivity contribution in [2.45, 2.75) is 62.1 Å². The highest BCUT2D eigenvalue weighted by Crippen LogP contribution is 2.36. The third-order valence-corrected chi connectivity index (χ3v) is 6.79. The van der Waals surface area contributed by atoms with Gasteiger partial charge in [0.25, 0.3) is 0 Å². The summed E-state index contributed by atoms with van der Waals surface area (Å²) >= 11 is 1.19. The van der Waals surface area contributed by atoms with Gasteiger partial charge in [-0.2, -0.15) is 5.26 Å². The molecule has 0 radical (unpaired) electrons. The molecule has 1 aromatic carbocycles. The summed E-state index contributed by atoms with van der Waals surface area (Å²) in [6, 6.07) is 10.4. The Morgan fingerprint density at radius 3 is 2.56 bits per heavy atom. The zero-order valence-corrected chi connectivity index (χ0v) is 18.6. The van der Waals surface area contributed by atoms with Gasteiger partial charge in [0, 0.05) is 19.0 Å². The average molecular weight is 450 g/mol. The summed E-state index contributed by atoms with van der Waals surface area (Å²) in [7, 11) is 0. The molecule has 8 heteroatoms. The van der Waals surface area contributed by atoms with E-state index in [1.807, 2.05) is 6.07 Å². The normalized spacial score (nSPS) is 18.5. The number of anilines is 1. The maximum Gasteiger partial charge on any atom is 0.308 e. The first kappa shape index (κ1) is 22.0. The lowest BCUT2D eigenvalue weighted by atomic mass is 9.96. The van der Waals surface area contributed by atoms with E-state index >= 15 is 0 Å². The number of hydrogen-bond donors (Lipinski definition) is 0. The Morgan fingerprint density at radius 2 is 1.88 bits per heavy atom. The van der Waals surface area contributed by atoms with Crippen LogP contribution in [0.2, 0.25) is 0 Å². The molecule has 0 bridgehead atoms. The zero-order chi connectivity index (χ0) is 22.7. The molecule has 1 aromatic heterocycles. The van der Waals surface area contributed by atoms with E-state index in [0.29, 0.717) is 22.0 Å². The Balaban J connectivity index is 1.55. The number of aryl methyl sites for hydroxylation is 2. The number of carbonyl (C=O) groups is 3. The highest BCUT2D eigenvalue weighted by atomic mass is 32.2. The fourth-order valence-electron chi connectivity index (χ4n) is 4.07. The lowest BCUT2D eigenvalue weighted by molar-refractivity contribution is -0.132. The third kappa shape index (κ3) is 4.68. The first-order chi connectivity index (χ1) is 15.5. The lowest BCUT2D eigenvalue weighted by Crippen LogP contribution is -2.31. The van der Waals surface area contributed by atoms with Gasteiger partial charge in [0.2, 0.25) is 11.8 Å². The van der Waals surface area contributed by atoms with Crippen molar-refractivity contribution < 1.29 is 19.1 Å². The van der Waals surface area contributed by atoms with E-state index in [1.165, 1.54) is 31.5 Å². The third-order valence-electron chi connectivity index (χ3n) is 5.60. The predicted octanol–water partition coefficient (Wildman–Crippen LogP) is 3.96. The molecule has 1 unspecified atom stereocenters. The zero-order valence-electron chi connectivity index (χ0n) is 17.8. The minimum Gasteiger partial charge on any atom is -0.427 e. The molecular weight excluding hydrogens is 426 g/mol. The van der Waals surface area contributed by atoms with Crippen LogP contribution in [0, 0.1) is 11.3 Å². The van der Waals surface area contributed by atoms with Gasteiger partial charge in [-0.1, -0.05) is 24.6 Å². The minimum absolute atomic E-state index is 0.0405. The summed E-state index contributed by atoms with van der Waals surface area (Å²) in [6.45, 7) is 1.30. The minimum atomic E-state index is -0.637. The van der Waals surface area contributed by atoms with Crippen LogP contribution < -0.4 is 9.64 Å². The van der Waals surface area contributed by atoms with Crippen molar-refractivity contribution in [3.63, 3.8) is 0 Å². The molecule has 32 heavy (non-hydrogen) atoms. The summed E-state index contributed by atoms with van der Waals surface area (Å²) < 4.78 is 5.00. The molecule has 2 heterocycles. The highest BCUT2D eigenvalue weighted by molar-refractivity contribution is 8.00. The molecule has 1 saturated heterocycles. The Labute approximate surface area is 190 Å². The highest BCUT2D eigenvalue weighted by Gasteiger charge is 2.41. The van der Waals surface area contributed by atoms with Gasteiger partial charge in [0.15, 0.2) is 0 Å². The second kappa shape index (κ2) is 9.53. The van der Waals surface area contributed by atoms with Crippen LogP contribution in [0.5, 0.6) is 5.75 Å². The Bertz CT molecular complexity index is 1110. The van der Waals surface area contributed by atoms with Gasteiger partial charge < -0.3 is 4.74 Å². The molecule has 164 valence electrons. The van der Waals surface area contributed by atoms with Crippen molar-refractivity contribution in [1.29, 1.82) is 5.26 Å². The van der Waals surface area contributed by atoms with Gasteiger partial charge >= 0.3 is 5.97 Å². The molecule has 2 aliphatic rings. The van der Waals surface area contributed by atoms with Crippen LogP contribution in [-0.2, 0) is 27.2 Å². The number of thioether (sulfide) groups is 1. The van der Waals surface area contributed by atoms with Crippen LogP contribution in [0.15, 0.2) is 35.4 Å². The van der Waals surface area contributed by atoms with Crippen LogP contribution in [-0.4, -0.2) is 28.0 Å². The SMILES string of the molecule is CC(=O)Oc1ccc(N2C(=O)CC(Sc3nc4c(cc3C#N)CCCCCC4)C2=O)cc1. The van der Waals surface area contributed by atoms with Crippen molar-refractivity contribution in [2.24, 2.45) is 0 Å². The van der Waals surface area contributed by atoms with E-state index in [2.05, 4.69) is 6.07 Å². The van der Waals surface area contributed by atoms with Crippen molar-refractivity contribution in [3.8, 4) is 11.8 Å². The van der Waals surface area contributed by atoms with Crippen LogP contribution in [0.3, 0.4) is 0 Å². The molecule has 0 N–H and O–H groups in total. The standard InChI is InChI=1S/C24H23N3O4S/c1-15(28)31-19-10-8-18(9-11-19)27-22(29)13-21(24(27)30)32-23-17(14-25)12-16-6-4-2-3-5-7-20(16)26-23/h8-12,21H,2-7,13H2,1H3. The van der Waals surface area contributed by atoms with E-state index in [0.717, 1.165) is 41.8 Å². The average Bonchev–Trinajstić information content (AvgIpc) is 3.02. The van der Waals surface area contributed by atoms with Gasteiger partial charge in [0.05, 0.1) is 16.5 Å². The van der Waals surface area contributed by atoms with Crippen molar-refractivity contribution in [1.82, 2.24) is 4.98 Å². The first-order valence-corrected chi connectivity index (χ1v) is 11.6. The number of nitriles is 1. The number of imide groups is 1. The lowest BCUT2D eigenvalue weighted by Gasteiger charge is -2.17. The number of ether oxygens (including phenoxy) is 1. The van der Waals surface area contributed by atoms with Crippen LogP contribution in [0.4, 0.5) is 5.69 Å². The fraction of sp³-hybridized carbons (Fsp3) is 0.375. The number of rotatable bonds is 4. The van der Waals surface area contributed by atoms with Crippen molar-refractivity contribution >= 4 is 35.2 Å². The van der Waals surface area contributed by atoms with Crippen molar-refractivity contribution in [3.05, 3.63) is 47.2 Å². The number of carbonyl (C=O) groups excluding carboxylic acids is 3. The quantitative estimate of drug-likeness (QED) is 0.396. The predicted molar refractivity (Wildman–Crippen MR) is 119 cm³/mol.